The zero-order valence-corrected chi connectivity index (χ0v) is 11.6. The Balaban J connectivity index is 2.20. The first-order chi connectivity index (χ1) is 8.05. The maximum Gasteiger partial charge on any atom is 0.222 e. The van der Waals surface area contributed by atoms with Crippen LogP contribution in [0.2, 0.25) is 0 Å². The van der Waals surface area contributed by atoms with Crippen molar-refractivity contribution in [3.63, 3.8) is 0 Å². The first-order valence-corrected chi connectivity index (χ1v) is 6.97. The minimum Gasteiger partial charge on any atom is -0.376 e. The van der Waals surface area contributed by atoms with Crippen LogP contribution in [0.1, 0.15) is 59.3 Å². The maximum absolute atomic E-state index is 11.9. The fourth-order valence-corrected chi connectivity index (χ4v) is 2.10. The van der Waals surface area contributed by atoms with Crippen LogP contribution in [0.15, 0.2) is 0 Å². The Kier molecular flexibility index (Phi) is 5.96. The minimum atomic E-state index is -0.162. The molecule has 0 spiro atoms. The highest BCUT2D eigenvalue weighted by molar-refractivity contribution is 5.76. The van der Waals surface area contributed by atoms with Crippen molar-refractivity contribution in [3.05, 3.63) is 0 Å². The van der Waals surface area contributed by atoms with E-state index in [4.69, 9.17) is 4.74 Å². The summed E-state index contributed by atoms with van der Waals surface area (Å²) in [5.74, 6) is 0.301. The van der Waals surface area contributed by atoms with Crippen LogP contribution in [-0.2, 0) is 9.53 Å². The van der Waals surface area contributed by atoms with Crippen LogP contribution in [0, 0.1) is 0 Å². The highest BCUT2D eigenvalue weighted by atomic mass is 16.5. The highest BCUT2D eigenvalue weighted by Gasteiger charge is 2.23. The molecule has 3 nitrogen and oxygen atoms in total. The van der Waals surface area contributed by atoms with E-state index in [9.17, 15) is 4.79 Å². The molecule has 0 N–H and O–H groups in total. The van der Waals surface area contributed by atoms with Crippen LogP contribution in [-0.4, -0.2) is 36.1 Å². The number of carbonyl (C=O) groups excluding carboxylic acids is 1. The van der Waals surface area contributed by atoms with Gasteiger partial charge in [0.15, 0.2) is 0 Å². The zero-order valence-electron chi connectivity index (χ0n) is 11.6. The second kappa shape index (κ2) is 7.00. The first kappa shape index (κ1) is 14.5. The molecule has 1 aliphatic heterocycles. The summed E-state index contributed by atoms with van der Waals surface area (Å²) in [6.07, 6.45) is 6.04. The van der Waals surface area contributed by atoms with Gasteiger partial charge in [-0.2, -0.15) is 0 Å². The fourth-order valence-electron chi connectivity index (χ4n) is 2.10. The smallest absolute Gasteiger partial charge is 0.222 e. The van der Waals surface area contributed by atoms with Gasteiger partial charge in [-0.1, -0.05) is 13.3 Å². The Hall–Kier alpha value is -0.570. The van der Waals surface area contributed by atoms with Gasteiger partial charge >= 0.3 is 0 Å². The first-order valence-electron chi connectivity index (χ1n) is 6.97. The monoisotopic (exact) mass is 241 g/mol. The standard InChI is InChI=1S/C14H27NO2/c1-4-5-12-17-14(2,3)9-8-13(16)15-10-6-7-11-15/h4-12H2,1-3H3. The lowest BCUT2D eigenvalue weighted by Crippen LogP contribution is -2.31. The van der Waals surface area contributed by atoms with Crippen molar-refractivity contribution in [2.75, 3.05) is 19.7 Å². The van der Waals surface area contributed by atoms with Crippen LogP contribution in [0.25, 0.3) is 0 Å². The summed E-state index contributed by atoms with van der Waals surface area (Å²) in [6, 6.07) is 0. The normalized spacial score (nSPS) is 16.5. The molecular formula is C14H27NO2. The van der Waals surface area contributed by atoms with E-state index < -0.39 is 0 Å². The van der Waals surface area contributed by atoms with Gasteiger partial charge in [0.2, 0.25) is 5.91 Å². The van der Waals surface area contributed by atoms with Gasteiger partial charge in [-0.25, -0.2) is 0 Å². The molecule has 0 aromatic heterocycles. The number of nitrogens with zero attached hydrogens (tertiary/aromatic N) is 1. The molecule has 0 bridgehead atoms. The summed E-state index contributed by atoms with van der Waals surface area (Å²) in [7, 11) is 0. The largest absolute Gasteiger partial charge is 0.376 e. The van der Waals surface area contributed by atoms with Crippen LogP contribution < -0.4 is 0 Å². The van der Waals surface area contributed by atoms with Crippen molar-refractivity contribution >= 4 is 5.91 Å². The number of hydrogen-bond acceptors (Lipinski definition) is 2. The van der Waals surface area contributed by atoms with Crippen molar-refractivity contribution in [1.82, 2.24) is 4.90 Å². The van der Waals surface area contributed by atoms with Crippen molar-refractivity contribution < 1.29 is 9.53 Å². The predicted octanol–water partition coefficient (Wildman–Crippen LogP) is 2.98. The third-order valence-electron chi connectivity index (χ3n) is 3.39. The van der Waals surface area contributed by atoms with Gasteiger partial charge in [0.25, 0.3) is 0 Å². The van der Waals surface area contributed by atoms with E-state index in [-0.39, 0.29) is 5.60 Å². The molecular weight excluding hydrogens is 214 g/mol. The summed E-state index contributed by atoms with van der Waals surface area (Å²) in [5.41, 5.74) is -0.162. The van der Waals surface area contributed by atoms with Crippen molar-refractivity contribution in [1.29, 1.82) is 0 Å². The number of ether oxygens (including phenoxy) is 1. The maximum atomic E-state index is 11.9. The molecule has 1 rings (SSSR count). The molecule has 17 heavy (non-hydrogen) atoms. The average molecular weight is 241 g/mol. The lowest BCUT2D eigenvalue weighted by atomic mass is 10.0. The summed E-state index contributed by atoms with van der Waals surface area (Å²) in [6.45, 7) is 9.04. The van der Waals surface area contributed by atoms with Gasteiger partial charge in [0, 0.05) is 26.1 Å². The van der Waals surface area contributed by atoms with Crippen molar-refractivity contribution in [2.24, 2.45) is 0 Å². The number of rotatable bonds is 7. The van der Waals surface area contributed by atoms with Gasteiger partial charge in [-0.05, 0) is 39.5 Å². The third kappa shape index (κ3) is 5.53. The lowest BCUT2D eigenvalue weighted by Gasteiger charge is -2.26. The lowest BCUT2D eigenvalue weighted by molar-refractivity contribution is -0.131. The van der Waals surface area contributed by atoms with Crippen LogP contribution >= 0.6 is 0 Å². The molecule has 3 heteroatoms. The summed E-state index contributed by atoms with van der Waals surface area (Å²) >= 11 is 0. The molecule has 0 radical (unpaired) electrons. The molecule has 1 fully saturated rings. The summed E-state index contributed by atoms with van der Waals surface area (Å²) in [4.78, 5) is 13.9. The fraction of sp³-hybridized carbons (Fsp3) is 0.929. The molecule has 0 aliphatic carbocycles. The third-order valence-corrected chi connectivity index (χ3v) is 3.39. The summed E-state index contributed by atoms with van der Waals surface area (Å²) in [5, 5.41) is 0. The SMILES string of the molecule is CCCCOC(C)(C)CCC(=O)N1CCCC1. The number of likely N-dealkylation sites (tertiary alicyclic amines) is 1. The Morgan fingerprint density at radius 1 is 1.29 bits per heavy atom. The van der Waals surface area contributed by atoms with E-state index in [2.05, 4.69) is 20.8 Å². The summed E-state index contributed by atoms with van der Waals surface area (Å²) < 4.78 is 5.81. The average Bonchev–Trinajstić information content (AvgIpc) is 2.80. The second-order valence-electron chi connectivity index (χ2n) is 5.55. The van der Waals surface area contributed by atoms with Gasteiger partial charge in [0.05, 0.1) is 5.60 Å². The molecule has 0 saturated carbocycles. The number of carbonyl (C=O) groups is 1. The van der Waals surface area contributed by atoms with Gasteiger partial charge in [-0.15, -0.1) is 0 Å². The van der Waals surface area contributed by atoms with Crippen molar-refractivity contribution in [3.8, 4) is 0 Å². The molecule has 0 aromatic carbocycles. The van der Waals surface area contributed by atoms with Crippen LogP contribution in [0.3, 0.4) is 0 Å². The molecule has 1 heterocycles. The van der Waals surface area contributed by atoms with Gasteiger partial charge < -0.3 is 9.64 Å². The molecule has 1 amide bonds. The topological polar surface area (TPSA) is 29.5 Å². The van der Waals surface area contributed by atoms with Crippen LogP contribution in [0.5, 0.6) is 0 Å². The zero-order chi connectivity index (χ0) is 12.7. The molecule has 0 aromatic rings. The second-order valence-corrected chi connectivity index (χ2v) is 5.55. The van der Waals surface area contributed by atoms with Gasteiger partial charge in [-0.3, -0.25) is 4.79 Å². The Bertz CT molecular complexity index is 232. The minimum absolute atomic E-state index is 0.162. The Labute approximate surface area is 106 Å². The number of amides is 1. The number of hydrogen-bond donors (Lipinski definition) is 0. The molecule has 100 valence electrons. The molecule has 0 unspecified atom stereocenters. The molecule has 1 saturated heterocycles. The van der Waals surface area contributed by atoms with E-state index >= 15 is 0 Å². The molecule has 0 atom stereocenters. The predicted molar refractivity (Wildman–Crippen MR) is 70.0 cm³/mol. The van der Waals surface area contributed by atoms with E-state index in [1.165, 1.54) is 12.8 Å². The Morgan fingerprint density at radius 3 is 2.53 bits per heavy atom. The highest BCUT2D eigenvalue weighted by Crippen LogP contribution is 2.19. The van der Waals surface area contributed by atoms with Crippen molar-refractivity contribution in [2.45, 2.75) is 64.9 Å². The van der Waals surface area contributed by atoms with Gasteiger partial charge in [0.1, 0.15) is 0 Å². The number of unbranched alkanes of at least 4 members (excludes halogenated alkanes) is 1. The van der Waals surface area contributed by atoms with E-state index in [0.717, 1.165) is 39.0 Å². The molecule has 1 aliphatic rings. The quantitative estimate of drug-likeness (QED) is 0.641. The van der Waals surface area contributed by atoms with E-state index in [1.54, 1.807) is 0 Å². The van der Waals surface area contributed by atoms with E-state index in [1.807, 2.05) is 4.90 Å². The van der Waals surface area contributed by atoms with E-state index in [0.29, 0.717) is 12.3 Å². The van der Waals surface area contributed by atoms with Crippen LogP contribution in [0.4, 0.5) is 0 Å². The Morgan fingerprint density at radius 2 is 1.94 bits per heavy atom.